The maximum atomic E-state index is 14.2. The lowest BCUT2D eigenvalue weighted by Gasteiger charge is -2.49. The van der Waals surface area contributed by atoms with Gasteiger partial charge in [-0.2, -0.15) is 0 Å². The molecule has 0 bridgehead atoms. The predicted molar refractivity (Wildman–Crippen MR) is 178 cm³/mol. The number of ether oxygens (including phenoxy) is 1. The molecule has 0 spiro atoms. The van der Waals surface area contributed by atoms with Crippen molar-refractivity contribution in [2.24, 2.45) is 5.73 Å². The highest BCUT2D eigenvalue weighted by Gasteiger charge is 2.54. The van der Waals surface area contributed by atoms with Gasteiger partial charge in [0.1, 0.15) is 17.1 Å². The zero-order valence-corrected chi connectivity index (χ0v) is 29.4. The number of fused-ring (bicyclic) bond motifs is 1. The highest BCUT2D eigenvalue weighted by Crippen LogP contribution is 2.42. The molecule has 11 heteroatoms. The number of rotatable bonds is 13. The second-order valence-corrected chi connectivity index (χ2v) is 12.8. The normalized spacial score (nSPS) is 18.5. The van der Waals surface area contributed by atoms with E-state index in [9.17, 15) is 19.2 Å². The van der Waals surface area contributed by atoms with Gasteiger partial charge in [0.25, 0.3) is 11.8 Å². The van der Waals surface area contributed by atoms with E-state index >= 15 is 0 Å². The van der Waals surface area contributed by atoms with Gasteiger partial charge in [0.15, 0.2) is 12.6 Å². The SMILES string of the molecule is CC[N+](C)(C/C=C/C1=C(C(=O)OC(c2ccccc2)c2ccccc2)N2C(=O)C(NC(=O)Cc3ccccc3)C2SC1)CC(N)=O.[I-]. The molecule has 9 nitrogen and oxygen atoms in total. The van der Waals surface area contributed by atoms with Crippen molar-refractivity contribution in [1.82, 2.24) is 10.2 Å². The van der Waals surface area contributed by atoms with Crippen molar-refractivity contribution < 1.29 is 52.4 Å². The molecule has 3 N–H and O–H groups in total. The van der Waals surface area contributed by atoms with Crippen LogP contribution in [0.1, 0.15) is 29.7 Å². The Morgan fingerprint density at radius 3 is 2.13 bits per heavy atom. The summed E-state index contributed by atoms with van der Waals surface area (Å²) in [5.74, 6) is -1.22. The summed E-state index contributed by atoms with van der Waals surface area (Å²) >= 11 is 1.48. The first-order valence-corrected chi connectivity index (χ1v) is 16.3. The quantitative estimate of drug-likeness (QED) is 0.115. The van der Waals surface area contributed by atoms with Crippen LogP contribution in [0.15, 0.2) is 114 Å². The van der Waals surface area contributed by atoms with Gasteiger partial charge in [-0.25, -0.2) is 4.79 Å². The van der Waals surface area contributed by atoms with Crippen LogP contribution in [0.5, 0.6) is 0 Å². The number of carbonyl (C=O) groups is 4. The molecule has 5 rings (SSSR count). The zero-order chi connectivity index (χ0) is 32.7. The Hall–Kier alpha value is -3.94. The monoisotopic (exact) mass is 766 g/mol. The second-order valence-electron chi connectivity index (χ2n) is 11.7. The highest BCUT2D eigenvalue weighted by atomic mass is 127. The Bertz CT molecular complexity index is 1600. The van der Waals surface area contributed by atoms with Crippen molar-refractivity contribution in [3.63, 3.8) is 0 Å². The van der Waals surface area contributed by atoms with Gasteiger partial charge in [0, 0.05) is 5.75 Å². The van der Waals surface area contributed by atoms with Crippen LogP contribution in [0, 0.1) is 0 Å². The molecule has 0 aliphatic carbocycles. The molecule has 3 amide bonds. The van der Waals surface area contributed by atoms with Crippen LogP contribution in [0.2, 0.25) is 0 Å². The molecule has 3 unspecified atom stereocenters. The van der Waals surface area contributed by atoms with E-state index in [4.69, 9.17) is 10.5 Å². The van der Waals surface area contributed by atoms with Gasteiger partial charge in [-0.1, -0.05) is 97.1 Å². The molecule has 0 saturated carbocycles. The number of benzene rings is 3. The molecular formula is C36H39IN4O5S. The minimum absolute atomic E-state index is 0. The molecule has 0 radical (unpaired) electrons. The number of nitrogens with two attached hydrogens (primary N) is 1. The molecular weight excluding hydrogens is 727 g/mol. The maximum absolute atomic E-state index is 14.2. The van der Waals surface area contributed by atoms with Crippen LogP contribution in [0.4, 0.5) is 0 Å². The Kier molecular flexibility index (Phi) is 12.4. The lowest BCUT2D eigenvalue weighted by Crippen LogP contribution is -3.00. The number of primary amides is 1. The number of nitrogens with zero attached hydrogens (tertiary/aromatic N) is 2. The number of halogens is 1. The van der Waals surface area contributed by atoms with Gasteiger partial charge in [0.2, 0.25) is 5.91 Å². The van der Waals surface area contributed by atoms with Gasteiger partial charge in [0.05, 0.1) is 26.6 Å². The summed E-state index contributed by atoms with van der Waals surface area (Å²) < 4.78 is 6.62. The summed E-state index contributed by atoms with van der Waals surface area (Å²) in [7, 11) is 1.94. The number of allylic oxidation sites excluding steroid dienone is 1. The van der Waals surface area contributed by atoms with E-state index in [2.05, 4.69) is 5.32 Å². The third-order valence-corrected chi connectivity index (χ3v) is 9.61. The summed E-state index contributed by atoms with van der Waals surface area (Å²) in [6, 6.07) is 27.5. The van der Waals surface area contributed by atoms with E-state index in [-0.39, 0.29) is 54.5 Å². The summed E-state index contributed by atoms with van der Waals surface area (Å²) in [5.41, 5.74) is 8.73. The minimum atomic E-state index is -0.760. The molecule has 246 valence electrons. The van der Waals surface area contributed by atoms with E-state index in [1.165, 1.54) is 16.7 Å². The van der Waals surface area contributed by atoms with Gasteiger partial charge >= 0.3 is 5.97 Å². The molecule has 2 aliphatic rings. The second kappa shape index (κ2) is 16.2. The third-order valence-electron chi connectivity index (χ3n) is 8.31. The van der Waals surface area contributed by atoms with Crippen molar-refractivity contribution in [1.29, 1.82) is 0 Å². The van der Waals surface area contributed by atoms with E-state index in [1.54, 1.807) is 0 Å². The molecule has 3 atom stereocenters. The number of hydrogen-bond acceptors (Lipinski definition) is 6. The fourth-order valence-electron chi connectivity index (χ4n) is 5.64. The number of esters is 1. The average molecular weight is 767 g/mol. The number of amides is 3. The van der Waals surface area contributed by atoms with Gasteiger partial charge < -0.3 is 44.2 Å². The summed E-state index contributed by atoms with van der Waals surface area (Å²) in [4.78, 5) is 53.8. The summed E-state index contributed by atoms with van der Waals surface area (Å²) in [6.07, 6.45) is 3.19. The van der Waals surface area contributed by atoms with Crippen molar-refractivity contribution >= 4 is 35.5 Å². The highest BCUT2D eigenvalue weighted by molar-refractivity contribution is 8.00. The van der Waals surface area contributed by atoms with Crippen LogP contribution in [-0.2, 0) is 30.3 Å². The molecule has 1 saturated heterocycles. The Morgan fingerprint density at radius 2 is 1.57 bits per heavy atom. The molecule has 0 aromatic heterocycles. The van der Waals surface area contributed by atoms with Crippen LogP contribution in [0.3, 0.4) is 0 Å². The van der Waals surface area contributed by atoms with Crippen molar-refractivity contribution in [2.45, 2.75) is 30.9 Å². The number of thioether (sulfide) groups is 1. The third kappa shape index (κ3) is 8.70. The molecule has 47 heavy (non-hydrogen) atoms. The molecule has 3 aromatic carbocycles. The maximum Gasteiger partial charge on any atom is 0.356 e. The van der Waals surface area contributed by atoms with Gasteiger partial charge in [-0.15, -0.1) is 11.8 Å². The van der Waals surface area contributed by atoms with E-state index in [0.717, 1.165) is 16.7 Å². The lowest BCUT2D eigenvalue weighted by molar-refractivity contribution is -0.894. The molecule has 2 heterocycles. The van der Waals surface area contributed by atoms with E-state index < -0.39 is 29.4 Å². The molecule has 2 aliphatic heterocycles. The van der Waals surface area contributed by atoms with Crippen LogP contribution in [0.25, 0.3) is 0 Å². The van der Waals surface area contributed by atoms with Crippen molar-refractivity contribution in [3.05, 3.63) is 131 Å². The number of likely N-dealkylation sites (N-methyl/N-ethyl adjacent to an activating group) is 1. The fraction of sp³-hybridized carbons (Fsp3) is 0.278. The van der Waals surface area contributed by atoms with Crippen molar-refractivity contribution in [3.8, 4) is 0 Å². The predicted octanol–water partition coefficient (Wildman–Crippen LogP) is 0.728. The van der Waals surface area contributed by atoms with Crippen LogP contribution in [-0.4, -0.2) is 76.9 Å². The Labute approximate surface area is 296 Å². The number of nitrogens with one attached hydrogen (secondary N) is 1. The molecule has 1 fully saturated rings. The first-order valence-electron chi connectivity index (χ1n) is 15.3. The lowest BCUT2D eigenvalue weighted by atomic mass is 10.00. The number of quaternary nitrogens is 1. The van der Waals surface area contributed by atoms with E-state index in [0.29, 0.717) is 28.9 Å². The van der Waals surface area contributed by atoms with Crippen LogP contribution >= 0.6 is 11.8 Å². The summed E-state index contributed by atoms with van der Waals surface area (Å²) in [6.45, 7) is 3.35. The number of β-lactam (4-membered cyclic amide) rings is 1. The van der Waals surface area contributed by atoms with Gasteiger partial charge in [-0.3, -0.25) is 19.3 Å². The summed E-state index contributed by atoms with van der Waals surface area (Å²) in [5, 5.41) is 2.43. The number of carbonyl (C=O) groups excluding carboxylic acids is 4. The Balaban J connectivity index is 0.00000500. The fourth-order valence-corrected chi connectivity index (χ4v) is 6.96. The smallest absolute Gasteiger partial charge is 0.356 e. The van der Waals surface area contributed by atoms with Crippen LogP contribution < -0.4 is 35.0 Å². The minimum Gasteiger partial charge on any atom is -1.00 e. The largest absolute Gasteiger partial charge is 1.00 e. The first kappa shape index (κ1) is 35.9. The number of hydrogen-bond donors (Lipinski definition) is 2. The standard InChI is InChI=1S/C36H38N4O5S.HI/c1-3-40(2,23-29(37)41)21-13-20-28-24-46-35-31(38-30(42)22-25-14-7-4-8-15-25)34(43)39(35)32(28)36(44)45-33(26-16-9-5-10-17-26)27-18-11-6-12-19-27;/h4-20,31,33,35H,3,21-24H2,1-2H3,(H2-,37,38,41,42);1H/b20-13+;. The Morgan fingerprint density at radius 1 is 1.00 bits per heavy atom. The van der Waals surface area contributed by atoms with Crippen molar-refractivity contribution in [2.75, 3.05) is 32.4 Å². The topological polar surface area (TPSA) is 119 Å². The zero-order valence-electron chi connectivity index (χ0n) is 26.4. The average Bonchev–Trinajstić information content (AvgIpc) is 3.06. The first-order chi connectivity index (χ1) is 22.2. The van der Waals surface area contributed by atoms with Gasteiger partial charge in [-0.05, 0) is 35.3 Å². The van der Waals surface area contributed by atoms with E-state index in [1.807, 2.05) is 117 Å². The molecule has 3 aromatic rings.